The number of Topliss-reactive ketones (excluding diaryl/α,β-unsaturated/α-hetero) is 1. The Kier molecular flexibility index (Phi) is 5.60. The van der Waals surface area contributed by atoms with E-state index < -0.39 is 0 Å². The molecule has 3 aromatic heterocycles. The third-order valence-corrected chi connectivity index (χ3v) is 6.13. The molecule has 0 atom stereocenters. The minimum Gasteiger partial charge on any atom is -0.618 e. The summed E-state index contributed by atoms with van der Waals surface area (Å²) in [6.07, 6.45) is 2.42. The molecule has 0 amide bonds. The summed E-state index contributed by atoms with van der Waals surface area (Å²) in [6, 6.07) is 11.4. The molecule has 3 rings (SSSR count). The zero-order valence-corrected chi connectivity index (χ0v) is 15.9. The summed E-state index contributed by atoms with van der Waals surface area (Å²) in [5.74, 6) is 0.325. The van der Waals surface area contributed by atoms with Gasteiger partial charge in [-0.2, -0.15) is 4.73 Å². The lowest BCUT2D eigenvalue weighted by Gasteiger charge is -2.09. The maximum absolute atomic E-state index is 12.6. The molecule has 0 saturated heterocycles. The Morgan fingerprint density at radius 3 is 2.84 bits per heavy atom. The molecule has 6 heteroatoms. The lowest BCUT2D eigenvalue weighted by Crippen LogP contribution is -2.28. The first-order chi connectivity index (χ1) is 12.1. The van der Waals surface area contributed by atoms with Crippen LogP contribution in [0.5, 0.6) is 0 Å². The first-order valence-corrected chi connectivity index (χ1v) is 9.96. The van der Waals surface area contributed by atoms with Crippen LogP contribution in [0.3, 0.4) is 0 Å². The van der Waals surface area contributed by atoms with Crippen LogP contribution in [-0.2, 0) is 13.0 Å². The number of hydrogen-bond acceptors (Lipinski definition) is 4. The van der Waals surface area contributed by atoms with Crippen molar-refractivity contribution in [2.75, 3.05) is 5.75 Å². The number of carbonyl (C=O) groups is 1. The molecule has 0 N–H and O–H groups in total. The average molecular weight is 373 g/mol. The van der Waals surface area contributed by atoms with Gasteiger partial charge in [-0.3, -0.25) is 4.79 Å². The number of aromatic nitrogens is 2. The summed E-state index contributed by atoms with van der Waals surface area (Å²) in [5.41, 5.74) is 2.85. The Labute approximate surface area is 155 Å². The van der Waals surface area contributed by atoms with Crippen molar-refractivity contribution in [3.05, 3.63) is 75.0 Å². The highest BCUT2D eigenvalue weighted by Gasteiger charge is 2.17. The Morgan fingerprint density at radius 1 is 1.28 bits per heavy atom. The molecule has 3 heterocycles. The molecule has 0 aliphatic heterocycles. The van der Waals surface area contributed by atoms with Crippen LogP contribution < -0.4 is 4.73 Å². The quantitative estimate of drug-likeness (QED) is 0.272. The number of aryl methyl sites for hydroxylation is 2. The fourth-order valence-electron chi connectivity index (χ4n) is 2.85. The third-order valence-electron chi connectivity index (χ3n) is 4.18. The number of thiophene rings is 1. The van der Waals surface area contributed by atoms with Crippen molar-refractivity contribution < 1.29 is 9.52 Å². The predicted molar refractivity (Wildman–Crippen MR) is 102 cm³/mol. The van der Waals surface area contributed by atoms with Gasteiger partial charge in [-0.05, 0) is 55.6 Å². The lowest BCUT2D eigenvalue weighted by atomic mass is 10.2. The highest BCUT2D eigenvalue weighted by atomic mass is 32.2. The van der Waals surface area contributed by atoms with E-state index in [0.717, 1.165) is 34.6 Å². The predicted octanol–water partition coefficient (Wildman–Crippen LogP) is 4.02. The van der Waals surface area contributed by atoms with E-state index in [2.05, 4.69) is 22.1 Å². The van der Waals surface area contributed by atoms with Crippen LogP contribution in [-0.4, -0.2) is 16.1 Å². The van der Waals surface area contributed by atoms with Crippen LogP contribution >= 0.6 is 23.1 Å². The van der Waals surface area contributed by atoms with E-state index in [9.17, 15) is 10.0 Å². The lowest BCUT2D eigenvalue weighted by molar-refractivity contribution is -0.645. The molecule has 0 radical (unpaired) electrons. The second kappa shape index (κ2) is 7.89. The average Bonchev–Trinajstić information content (AvgIpc) is 3.21. The van der Waals surface area contributed by atoms with Crippen molar-refractivity contribution in [3.8, 4) is 0 Å². The molecule has 0 saturated carbocycles. The summed E-state index contributed by atoms with van der Waals surface area (Å²) >= 11 is 3.04. The van der Waals surface area contributed by atoms with Gasteiger partial charge >= 0.3 is 0 Å². The SMILES string of the molecule is Cc1cc(C(=O)CSc2cccc[n+]2[O-])c(C)n1CCc1cccs1. The van der Waals surface area contributed by atoms with Crippen LogP contribution in [0.2, 0.25) is 0 Å². The van der Waals surface area contributed by atoms with Crippen LogP contribution in [0.1, 0.15) is 26.6 Å². The fourth-order valence-corrected chi connectivity index (χ4v) is 4.34. The smallest absolute Gasteiger partial charge is 0.251 e. The van der Waals surface area contributed by atoms with Gasteiger partial charge in [0.1, 0.15) is 0 Å². The normalized spacial score (nSPS) is 11.0. The zero-order chi connectivity index (χ0) is 17.8. The Hall–Kier alpha value is -2.05. The van der Waals surface area contributed by atoms with E-state index in [1.807, 2.05) is 19.9 Å². The van der Waals surface area contributed by atoms with Crippen LogP contribution in [0, 0.1) is 19.1 Å². The van der Waals surface area contributed by atoms with Crippen molar-refractivity contribution in [1.29, 1.82) is 0 Å². The monoisotopic (exact) mass is 372 g/mol. The highest BCUT2D eigenvalue weighted by Crippen LogP contribution is 2.21. The van der Waals surface area contributed by atoms with E-state index in [-0.39, 0.29) is 11.5 Å². The second-order valence-corrected chi connectivity index (χ2v) is 7.87. The van der Waals surface area contributed by atoms with Gasteiger partial charge in [0.2, 0.25) is 0 Å². The maximum atomic E-state index is 12.6. The fraction of sp³-hybridized carbons (Fsp3) is 0.263. The van der Waals surface area contributed by atoms with Gasteiger partial charge in [0.25, 0.3) is 5.03 Å². The highest BCUT2D eigenvalue weighted by molar-refractivity contribution is 7.99. The molecule has 25 heavy (non-hydrogen) atoms. The van der Waals surface area contributed by atoms with Gasteiger partial charge in [0.15, 0.2) is 12.0 Å². The van der Waals surface area contributed by atoms with Crippen molar-refractivity contribution >= 4 is 28.9 Å². The van der Waals surface area contributed by atoms with E-state index in [1.54, 1.807) is 29.5 Å². The van der Waals surface area contributed by atoms with E-state index in [4.69, 9.17) is 0 Å². The molecule has 4 nitrogen and oxygen atoms in total. The van der Waals surface area contributed by atoms with Crippen LogP contribution in [0.15, 0.2) is 53.0 Å². The topological polar surface area (TPSA) is 48.9 Å². The van der Waals surface area contributed by atoms with Crippen molar-refractivity contribution in [2.24, 2.45) is 0 Å². The summed E-state index contributed by atoms with van der Waals surface area (Å²) in [6.45, 7) is 4.90. The van der Waals surface area contributed by atoms with Gasteiger partial charge in [-0.25, -0.2) is 0 Å². The molecule has 0 unspecified atom stereocenters. The third kappa shape index (κ3) is 4.14. The molecule has 0 spiro atoms. The van der Waals surface area contributed by atoms with E-state index in [1.165, 1.54) is 22.8 Å². The Morgan fingerprint density at radius 2 is 2.12 bits per heavy atom. The summed E-state index contributed by atoms with van der Waals surface area (Å²) in [4.78, 5) is 14.0. The van der Waals surface area contributed by atoms with Gasteiger partial charge in [0, 0.05) is 40.5 Å². The number of hydrogen-bond donors (Lipinski definition) is 0. The number of thioether (sulfide) groups is 1. The maximum Gasteiger partial charge on any atom is 0.251 e. The molecule has 0 aliphatic carbocycles. The summed E-state index contributed by atoms with van der Waals surface area (Å²) < 4.78 is 3.00. The van der Waals surface area contributed by atoms with Gasteiger partial charge in [0.05, 0.1) is 5.75 Å². The van der Waals surface area contributed by atoms with Crippen molar-refractivity contribution in [2.45, 2.75) is 31.8 Å². The van der Waals surface area contributed by atoms with Gasteiger partial charge < -0.3 is 9.77 Å². The van der Waals surface area contributed by atoms with Crippen molar-refractivity contribution in [3.63, 3.8) is 0 Å². The van der Waals surface area contributed by atoms with Crippen LogP contribution in [0.25, 0.3) is 0 Å². The van der Waals surface area contributed by atoms with E-state index in [0.29, 0.717) is 5.03 Å². The number of nitrogens with zero attached hydrogens (tertiary/aromatic N) is 2. The molecule has 0 aromatic carbocycles. The van der Waals surface area contributed by atoms with Gasteiger partial charge in [-0.15, -0.1) is 11.3 Å². The molecule has 0 fully saturated rings. The molecular formula is C19H20N2O2S2. The second-order valence-electron chi connectivity index (χ2n) is 5.84. The standard InChI is InChI=1S/C19H20N2O2S2/c1-14-12-17(15(2)20(14)10-8-16-6-5-11-24-16)18(22)13-25-19-7-3-4-9-21(19)23/h3-7,9,11-12H,8,10,13H2,1-2H3. The summed E-state index contributed by atoms with van der Waals surface area (Å²) in [7, 11) is 0. The first-order valence-electron chi connectivity index (χ1n) is 8.09. The Balaban J connectivity index is 1.68. The number of pyridine rings is 1. The first kappa shape index (κ1) is 17.8. The minimum absolute atomic E-state index is 0.0596. The summed E-state index contributed by atoms with van der Waals surface area (Å²) in [5, 5.41) is 14.3. The van der Waals surface area contributed by atoms with E-state index >= 15 is 0 Å². The molecule has 130 valence electrons. The Bertz CT molecular complexity index is 870. The molecular weight excluding hydrogens is 352 g/mol. The van der Waals surface area contributed by atoms with Crippen molar-refractivity contribution in [1.82, 2.24) is 4.57 Å². The minimum atomic E-state index is 0.0596. The number of carbonyl (C=O) groups excluding carboxylic acids is 1. The molecule has 3 aromatic rings. The number of rotatable bonds is 7. The van der Waals surface area contributed by atoms with Gasteiger partial charge in [-0.1, -0.05) is 6.07 Å². The molecule has 0 bridgehead atoms. The number of ketones is 1. The largest absolute Gasteiger partial charge is 0.618 e. The zero-order valence-electron chi connectivity index (χ0n) is 14.3. The molecule has 0 aliphatic rings. The van der Waals surface area contributed by atoms with Crippen LogP contribution in [0.4, 0.5) is 0 Å².